The first-order valence-corrected chi connectivity index (χ1v) is 3.62. The zero-order valence-electron chi connectivity index (χ0n) is 6.26. The van der Waals surface area contributed by atoms with Crippen LogP contribution in [-0.4, -0.2) is 37.7 Å². The molecule has 2 nitrogen and oxygen atoms in total. The second-order valence-corrected chi connectivity index (χ2v) is 2.62. The van der Waals surface area contributed by atoms with E-state index >= 15 is 0 Å². The molecule has 2 heteroatoms. The first-order valence-electron chi connectivity index (χ1n) is 3.62. The number of likely N-dealkylation sites (tertiary alicyclic amines) is 1. The molecule has 0 spiro atoms. The third-order valence-corrected chi connectivity index (χ3v) is 1.80. The Morgan fingerprint density at radius 2 is 2.22 bits per heavy atom. The highest BCUT2D eigenvalue weighted by atomic mass is 16.5. The Hall–Kier alpha value is -0.0800. The molecular formula is C7H15NO. The lowest BCUT2D eigenvalue weighted by Crippen LogP contribution is -2.51. The Labute approximate surface area is 56.8 Å². The molecule has 1 fully saturated rings. The molecule has 0 aromatic heterocycles. The molecule has 1 aliphatic heterocycles. The summed E-state index contributed by atoms with van der Waals surface area (Å²) in [5, 5.41) is 0. The topological polar surface area (TPSA) is 12.5 Å². The Bertz CT molecular complexity index is 79.0. The molecule has 0 amide bonds. The van der Waals surface area contributed by atoms with Gasteiger partial charge in [-0.05, 0) is 13.0 Å². The number of methoxy groups -OCH3 is 1. The summed E-state index contributed by atoms with van der Waals surface area (Å²) in [5.74, 6) is 0. The van der Waals surface area contributed by atoms with E-state index in [0.717, 1.165) is 13.1 Å². The van der Waals surface area contributed by atoms with Gasteiger partial charge >= 0.3 is 0 Å². The smallest absolute Gasteiger partial charge is 0.0824 e. The van der Waals surface area contributed by atoms with E-state index in [1.165, 1.54) is 13.0 Å². The molecular weight excluding hydrogens is 114 g/mol. The van der Waals surface area contributed by atoms with Crippen molar-refractivity contribution in [1.29, 1.82) is 0 Å². The predicted octanol–water partition coefficient (Wildman–Crippen LogP) is 0.727. The lowest BCUT2D eigenvalue weighted by atomic mass is 10.1. The minimum absolute atomic E-state index is 0.525. The van der Waals surface area contributed by atoms with Gasteiger partial charge in [-0.1, -0.05) is 6.92 Å². The molecule has 0 bridgehead atoms. The molecule has 0 aromatic carbocycles. The molecule has 1 rings (SSSR count). The van der Waals surface area contributed by atoms with Gasteiger partial charge in [0.2, 0.25) is 0 Å². The van der Waals surface area contributed by atoms with Crippen LogP contribution in [0.25, 0.3) is 0 Å². The van der Waals surface area contributed by atoms with Crippen LogP contribution in [0.2, 0.25) is 0 Å². The Morgan fingerprint density at radius 1 is 1.56 bits per heavy atom. The number of hydrogen-bond acceptors (Lipinski definition) is 2. The lowest BCUT2D eigenvalue weighted by molar-refractivity contribution is -0.0289. The van der Waals surface area contributed by atoms with Crippen molar-refractivity contribution in [1.82, 2.24) is 4.90 Å². The molecule has 1 saturated heterocycles. The van der Waals surface area contributed by atoms with Crippen molar-refractivity contribution < 1.29 is 4.74 Å². The molecule has 0 saturated carbocycles. The van der Waals surface area contributed by atoms with E-state index in [-0.39, 0.29) is 0 Å². The first kappa shape index (κ1) is 7.03. The highest BCUT2D eigenvalue weighted by Crippen LogP contribution is 2.09. The summed E-state index contributed by atoms with van der Waals surface area (Å²) in [7, 11) is 1.79. The van der Waals surface area contributed by atoms with Crippen molar-refractivity contribution in [2.45, 2.75) is 19.4 Å². The van der Waals surface area contributed by atoms with Gasteiger partial charge < -0.3 is 4.74 Å². The van der Waals surface area contributed by atoms with Crippen LogP contribution in [0.15, 0.2) is 0 Å². The highest BCUT2D eigenvalue weighted by Gasteiger charge is 2.24. The predicted molar refractivity (Wildman–Crippen MR) is 37.5 cm³/mol. The van der Waals surface area contributed by atoms with Gasteiger partial charge in [0.1, 0.15) is 0 Å². The largest absolute Gasteiger partial charge is 0.379 e. The van der Waals surface area contributed by atoms with E-state index in [4.69, 9.17) is 4.74 Å². The molecule has 54 valence electrons. The van der Waals surface area contributed by atoms with Crippen LogP contribution in [0, 0.1) is 0 Å². The number of ether oxygens (including phenoxy) is 1. The minimum Gasteiger partial charge on any atom is -0.379 e. The van der Waals surface area contributed by atoms with E-state index in [1.807, 2.05) is 0 Å². The zero-order valence-corrected chi connectivity index (χ0v) is 6.26. The second kappa shape index (κ2) is 3.18. The maximum absolute atomic E-state index is 5.12. The van der Waals surface area contributed by atoms with Gasteiger partial charge in [-0.3, -0.25) is 4.90 Å². The summed E-state index contributed by atoms with van der Waals surface area (Å²) < 4.78 is 5.12. The first-order chi connectivity index (χ1) is 4.36. The summed E-state index contributed by atoms with van der Waals surface area (Å²) in [5.41, 5.74) is 0. The number of nitrogens with zero attached hydrogens (tertiary/aromatic N) is 1. The normalized spacial score (nSPS) is 22.0. The molecule has 1 aliphatic rings. The van der Waals surface area contributed by atoms with Gasteiger partial charge in [-0.2, -0.15) is 0 Å². The quantitative estimate of drug-likeness (QED) is 0.557. The van der Waals surface area contributed by atoms with E-state index < -0.39 is 0 Å². The Morgan fingerprint density at radius 3 is 2.67 bits per heavy atom. The van der Waals surface area contributed by atoms with Gasteiger partial charge in [0.25, 0.3) is 0 Å². The van der Waals surface area contributed by atoms with Crippen LogP contribution in [-0.2, 0) is 4.74 Å². The summed E-state index contributed by atoms with van der Waals surface area (Å²) in [6.07, 6.45) is 1.78. The Kier molecular flexibility index (Phi) is 2.49. The van der Waals surface area contributed by atoms with Crippen molar-refractivity contribution in [3.63, 3.8) is 0 Å². The third-order valence-electron chi connectivity index (χ3n) is 1.80. The van der Waals surface area contributed by atoms with Gasteiger partial charge in [-0.15, -0.1) is 0 Å². The lowest BCUT2D eigenvalue weighted by Gasteiger charge is -2.37. The summed E-state index contributed by atoms with van der Waals surface area (Å²) in [4.78, 5) is 2.41. The summed E-state index contributed by atoms with van der Waals surface area (Å²) in [6.45, 7) is 5.73. The zero-order chi connectivity index (χ0) is 6.69. The van der Waals surface area contributed by atoms with Crippen LogP contribution >= 0.6 is 0 Å². The third kappa shape index (κ3) is 1.66. The average molecular weight is 129 g/mol. The molecule has 0 radical (unpaired) electrons. The minimum atomic E-state index is 0.525. The van der Waals surface area contributed by atoms with Crippen LogP contribution in [0.1, 0.15) is 13.3 Å². The molecule has 9 heavy (non-hydrogen) atoms. The highest BCUT2D eigenvalue weighted by molar-refractivity contribution is 4.79. The fourth-order valence-corrected chi connectivity index (χ4v) is 1.17. The van der Waals surface area contributed by atoms with E-state index in [1.54, 1.807) is 7.11 Å². The van der Waals surface area contributed by atoms with E-state index in [0.29, 0.717) is 6.10 Å². The Balaban J connectivity index is 1.98. The van der Waals surface area contributed by atoms with Crippen molar-refractivity contribution >= 4 is 0 Å². The molecule has 0 N–H and O–H groups in total. The van der Waals surface area contributed by atoms with Gasteiger partial charge in [0, 0.05) is 20.2 Å². The fraction of sp³-hybridized carbons (Fsp3) is 1.00. The van der Waals surface area contributed by atoms with Crippen LogP contribution < -0.4 is 0 Å². The van der Waals surface area contributed by atoms with Crippen molar-refractivity contribution in [2.75, 3.05) is 26.7 Å². The molecule has 0 aliphatic carbocycles. The second-order valence-electron chi connectivity index (χ2n) is 2.62. The summed E-state index contributed by atoms with van der Waals surface area (Å²) in [6, 6.07) is 0. The van der Waals surface area contributed by atoms with Crippen molar-refractivity contribution in [2.24, 2.45) is 0 Å². The monoisotopic (exact) mass is 129 g/mol. The maximum Gasteiger partial charge on any atom is 0.0824 e. The molecule has 0 aromatic rings. The van der Waals surface area contributed by atoms with Crippen molar-refractivity contribution in [3.8, 4) is 0 Å². The van der Waals surface area contributed by atoms with E-state index in [9.17, 15) is 0 Å². The fourth-order valence-electron chi connectivity index (χ4n) is 1.17. The van der Waals surface area contributed by atoms with Gasteiger partial charge in [-0.25, -0.2) is 0 Å². The van der Waals surface area contributed by atoms with Gasteiger partial charge in [0.05, 0.1) is 6.10 Å². The van der Waals surface area contributed by atoms with Crippen LogP contribution in [0.5, 0.6) is 0 Å². The number of hydrogen-bond donors (Lipinski definition) is 0. The number of rotatable bonds is 3. The molecule has 0 atom stereocenters. The molecule has 0 unspecified atom stereocenters. The summed E-state index contributed by atoms with van der Waals surface area (Å²) >= 11 is 0. The average Bonchev–Trinajstić information content (AvgIpc) is 1.77. The maximum atomic E-state index is 5.12. The van der Waals surface area contributed by atoms with E-state index in [2.05, 4.69) is 11.8 Å². The molecule has 1 heterocycles. The van der Waals surface area contributed by atoms with Gasteiger partial charge in [0.15, 0.2) is 0 Å². The van der Waals surface area contributed by atoms with Crippen LogP contribution in [0.3, 0.4) is 0 Å². The van der Waals surface area contributed by atoms with Crippen molar-refractivity contribution in [3.05, 3.63) is 0 Å². The standard InChI is InChI=1S/C7H15NO/c1-3-4-8-5-7(6-8)9-2/h7H,3-6H2,1-2H3. The SMILES string of the molecule is CCCN1CC(OC)C1. The van der Waals surface area contributed by atoms with Crippen LogP contribution in [0.4, 0.5) is 0 Å².